The number of nitrogens with zero attached hydrogens (tertiary/aromatic N) is 3. The van der Waals surface area contributed by atoms with Crippen LogP contribution < -0.4 is 5.32 Å². The molecule has 1 unspecified atom stereocenters. The highest BCUT2D eigenvalue weighted by molar-refractivity contribution is 5.94. The Kier molecular flexibility index (Phi) is 5.98. The summed E-state index contributed by atoms with van der Waals surface area (Å²) in [6.45, 7) is 6.58. The van der Waals surface area contributed by atoms with E-state index in [0.717, 1.165) is 54.1 Å². The van der Waals surface area contributed by atoms with Gasteiger partial charge in [-0.05, 0) is 44.0 Å². The molecule has 0 radical (unpaired) electrons. The number of aromatic nitrogens is 2. The van der Waals surface area contributed by atoms with Gasteiger partial charge in [-0.25, -0.2) is 9.97 Å². The summed E-state index contributed by atoms with van der Waals surface area (Å²) >= 11 is 0. The Hall–Kier alpha value is -2.31. The van der Waals surface area contributed by atoms with Crippen molar-refractivity contribution in [3.8, 4) is 0 Å². The monoisotopic (exact) mass is 380 g/mol. The number of piperidine rings is 1. The second kappa shape index (κ2) is 8.80. The van der Waals surface area contributed by atoms with E-state index in [0.29, 0.717) is 32.2 Å². The van der Waals surface area contributed by atoms with E-state index in [9.17, 15) is 4.79 Å². The zero-order chi connectivity index (χ0) is 19.3. The van der Waals surface area contributed by atoms with Gasteiger partial charge in [-0.1, -0.05) is 12.1 Å². The number of hydrogen-bond acceptors (Lipinski definition) is 5. The van der Waals surface area contributed by atoms with Crippen LogP contribution in [-0.2, 0) is 24.3 Å². The van der Waals surface area contributed by atoms with E-state index in [2.05, 4.69) is 10.3 Å². The molecule has 1 saturated heterocycles. The molecular formula is C22H28N4O2. The van der Waals surface area contributed by atoms with Crippen LogP contribution in [0.15, 0.2) is 30.5 Å². The largest absolute Gasteiger partial charge is 0.377 e. The molecule has 0 bridgehead atoms. The van der Waals surface area contributed by atoms with Crippen molar-refractivity contribution in [3.63, 3.8) is 0 Å². The molecule has 1 fully saturated rings. The van der Waals surface area contributed by atoms with E-state index >= 15 is 0 Å². The smallest absolute Gasteiger partial charge is 0.254 e. The van der Waals surface area contributed by atoms with Gasteiger partial charge < -0.3 is 15.0 Å². The van der Waals surface area contributed by atoms with E-state index in [4.69, 9.17) is 9.72 Å². The van der Waals surface area contributed by atoms with Crippen molar-refractivity contribution < 1.29 is 9.53 Å². The Labute approximate surface area is 166 Å². The van der Waals surface area contributed by atoms with Gasteiger partial charge in [0.25, 0.3) is 5.91 Å². The first kappa shape index (κ1) is 19.0. The van der Waals surface area contributed by atoms with Gasteiger partial charge in [0.2, 0.25) is 0 Å². The lowest BCUT2D eigenvalue weighted by Crippen LogP contribution is -2.37. The molecule has 2 aliphatic heterocycles. The number of carbonyl (C=O) groups is 1. The van der Waals surface area contributed by atoms with Gasteiger partial charge in [-0.3, -0.25) is 4.79 Å². The zero-order valence-electron chi connectivity index (χ0n) is 16.5. The van der Waals surface area contributed by atoms with Gasteiger partial charge in [0.15, 0.2) is 0 Å². The van der Waals surface area contributed by atoms with Crippen LogP contribution in [0.3, 0.4) is 0 Å². The summed E-state index contributed by atoms with van der Waals surface area (Å²) in [5, 5.41) is 3.43. The summed E-state index contributed by atoms with van der Waals surface area (Å²) < 4.78 is 5.42. The molecule has 1 amide bonds. The summed E-state index contributed by atoms with van der Waals surface area (Å²) in [6, 6.07) is 7.71. The Bertz CT molecular complexity index is 816. The number of fused-ring (bicyclic) bond motifs is 1. The molecule has 4 rings (SSSR count). The Balaban J connectivity index is 1.42. The molecule has 6 heteroatoms. The molecule has 0 spiro atoms. The van der Waals surface area contributed by atoms with Crippen molar-refractivity contribution in [1.82, 2.24) is 20.2 Å². The fraction of sp³-hybridized carbons (Fsp3) is 0.500. The van der Waals surface area contributed by atoms with Crippen molar-refractivity contribution in [2.24, 2.45) is 0 Å². The zero-order valence-corrected chi connectivity index (χ0v) is 16.5. The third kappa shape index (κ3) is 4.23. The highest BCUT2D eigenvalue weighted by atomic mass is 16.5. The summed E-state index contributed by atoms with van der Waals surface area (Å²) in [4.78, 5) is 24.2. The van der Waals surface area contributed by atoms with Crippen molar-refractivity contribution in [2.75, 3.05) is 26.2 Å². The van der Waals surface area contributed by atoms with Gasteiger partial charge in [0, 0.05) is 55.9 Å². The third-order valence-corrected chi connectivity index (χ3v) is 5.58. The van der Waals surface area contributed by atoms with Gasteiger partial charge in [0.1, 0.15) is 5.82 Å². The predicted molar refractivity (Wildman–Crippen MR) is 107 cm³/mol. The first-order valence-electron chi connectivity index (χ1n) is 10.3. The number of amides is 1. The molecule has 3 heterocycles. The van der Waals surface area contributed by atoms with E-state index in [1.54, 1.807) is 0 Å². The molecule has 6 nitrogen and oxygen atoms in total. The number of benzene rings is 1. The summed E-state index contributed by atoms with van der Waals surface area (Å²) in [5.74, 6) is 1.43. The minimum Gasteiger partial charge on any atom is -0.377 e. The molecule has 28 heavy (non-hydrogen) atoms. The first-order chi connectivity index (χ1) is 13.7. The normalized spacial score (nSPS) is 19.3. The van der Waals surface area contributed by atoms with Crippen LogP contribution in [0.4, 0.5) is 0 Å². The molecule has 148 valence electrons. The van der Waals surface area contributed by atoms with Gasteiger partial charge in [-0.2, -0.15) is 0 Å². The maximum atomic E-state index is 12.9. The molecule has 2 aromatic rings. The molecule has 2 aliphatic rings. The molecule has 0 aliphatic carbocycles. The number of carbonyl (C=O) groups excluding carboxylic acids is 1. The van der Waals surface area contributed by atoms with Crippen LogP contribution >= 0.6 is 0 Å². The molecule has 0 saturated carbocycles. The van der Waals surface area contributed by atoms with Crippen molar-refractivity contribution in [2.45, 2.75) is 45.3 Å². The lowest BCUT2D eigenvalue weighted by atomic mass is 9.98. The van der Waals surface area contributed by atoms with E-state index in [-0.39, 0.29) is 5.91 Å². The lowest BCUT2D eigenvalue weighted by Gasteiger charge is -2.29. The predicted octanol–water partition coefficient (Wildman–Crippen LogP) is 2.68. The standard InChI is InChI=1S/C22H28N4O2/c1-2-28-15-16-5-7-17(8-6-16)22(27)26-11-9-20-19(14-26)13-24-21(25-20)18-4-3-10-23-12-18/h5-8,13,18,23H,2-4,9-12,14-15H2,1H3. The number of hydrogen-bond donors (Lipinski definition) is 1. The van der Waals surface area contributed by atoms with Crippen LogP contribution in [0.25, 0.3) is 0 Å². The topological polar surface area (TPSA) is 67.3 Å². The maximum Gasteiger partial charge on any atom is 0.254 e. The van der Waals surface area contributed by atoms with Crippen molar-refractivity contribution in [3.05, 3.63) is 58.7 Å². The number of nitrogens with one attached hydrogen (secondary N) is 1. The lowest BCUT2D eigenvalue weighted by molar-refractivity contribution is 0.0733. The summed E-state index contributed by atoms with van der Waals surface area (Å²) in [5.41, 5.74) is 3.97. The van der Waals surface area contributed by atoms with Crippen LogP contribution in [-0.4, -0.2) is 47.0 Å². The first-order valence-corrected chi connectivity index (χ1v) is 10.3. The average Bonchev–Trinajstić information content (AvgIpc) is 2.77. The molecule has 1 N–H and O–H groups in total. The highest BCUT2D eigenvalue weighted by Crippen LogP contribution is 2.24. The van der Waals surface area contributed by atoms with Crippen LogP contribution in [0.5, 0.6) is 0 Å². The van der Waals surface area contributed by atoms with Gasteiger partial charge >= 0.3 is 0 Å². The van der Waals surface area contributed by atoms with Crippen LogP contribution in [0, 0.1) is 0 Å². The minimum atomic E-state index is 0.0640. The SMILES string of the molecule is CCOCc1ccc(C(=O)N2CCc3nc(C4CCCNC4)ncc3C2)cc1. The van der Waals surface area contributed by atoms with Gasteiger partial charge in [-0.15, -0.1) is 0 Å². The molecule has 1 aromatic heterocycles. The van der Waals surface area contributed by atoms with E-state index in [1.807, 2.05) is 42.3 Å². The molecule has 1 atom stereocenters. The molecule has 1 aromatic carbocycles. The molecular weight excluding hydrogens is 352 g/mol. The van der Waals surface area contributed by atoms with E-state index < -0.39 is 0 Å². The average molecular weight is 380 g/mol. The Morgan fingerprint density at radius 2 is 2.18 bits per heavy atom. The number of ether oxygens (including phenoxy) is 1. The fourth-order valence-corrected chi connectivity index (χ4v) is 3.92. The summed E-state index contributed by atoms with van der Waals surface area (Å²) in [7, 11) is 0. The summed E-state index contributed by atoms with van der Waals surface area (Å²) in [6.07, 6.45) is 5.04. The highest BCUT2D eigenvalue weighted by Gasteiger charge is 2.25. The minimum absolute atomic E-state index is 0.0640. The van der Waals surface area contributed by atoms with Crippen LogP contribution in [0.1, 0.15) is 58.7 Å². The Morgan fingerprint density at radius 3 is 2.93 bits per heavy atom. The second-order valence-corrected chi connectivity index (χ2v) is 7.55. The van der Waals surface area contributed by atoms with E-state index in [1.165, 1.54) is 6.42 Å². The van der Waals surface area contributed by atoms with Crippen molar-refractivity contribution in [1.29, 1.82) is 0 Å². The second-order valence-electron chi connectivity index (χ2n) is 7.55. The Morgan fingerprint density at radius 1 is 1.32 bits per heavy atom. The fourth-order valence-electron chi connectivity index (χ4n) is 3.92. The maximum absolute atomic E-state index is 12.9. The third-order valence-electron chi connectivity index (χ3n) is 5.58. The number of rotatable bonds is 5. The van der Waals surface area contributed by atoms with Gasteiger partial charge in [0.05, 0.1) is 12.3 Å². The van der Waals surface area contributed by atoms with Crippen LogP contribution in [0.2, 0.25) is 0 Å². The van der Waals surface area contributed by atoms with Crippen molar-refractivity contribution >= 4 is 5.91 Å². The quantitative estimate of drug-likeness (QED) is 0.864.